The second-order valence-corrected chi connectivity index (χ2v) is 8.55. The van der Waals surface area contributed by atoms with Gasteiger partial charge in [0.25, 0.3) is 0 Å². The summed E-state index contributed by atoms with van der Waals surface area (Å²) in [5, 5.41) is 11.8. The Labute approximate surface area is 226 Å². The minimum absolute atomic E-state index is 0.0583. The van der Waals surface area contributed by atoms with Crippen LogP contribution in [0.15, 0.2) is 72.8 Å². The molecular formula is C29H32F2N2O6. The number of carbonyl (C=O) groups is 2. The van der Waals surface area contributed by atoms with Crippen LogP contribution in [-0.2, 0) is 27.3 Å². The van der Waals surface area contributed by atoms with E-state index in [1.807, 2.05) is 0 Å². The summed E-state index contributed by atoms with van der Waals surface area (Å²) in [7, 11) is 0. The summed E-state index contributed by atoms with van der Waals surface area (Å²) in [6.07, 6.45) is -0.695. The molecule has 2 amide bonds. The number of amides is 2. The summed E-state index contributed by atoms with van der Waals surface area (Å²) in [5.41, 5.74) is 1.64. The molecule has 3 aromatic rings. The van der Waals surface area contributed by atoms with Crippen LogP contribution in [0.3, 0.4) is 0 Å². The van der Waals surface area contributed by atoms with Crippen molar-refractivity contribution in [3.63, 3.8) is 0 Å². The number of halogens is 2. The Bertz CT molecular complexity index is 1190. The van der Waals surface area contributed by atoms with Gasteiger partial charge in [0, 0.05) is 19.6 Å². The van der Waals surface area contributed by atoms with Gasteiger partial charge in [0.2, 0.25) is 0 Å². The van der Waals surface area contributed by atoms with E-state index < -0.39 is 23.9 Å². The van der Waals surface area contributed by atoms with Crippen LogP contribution in [0.4, 0.5) is 19.3 Å². The Kier molecular flexibility index (Phi) is 11.7. The van der Waals surface area contributed by atoms with Crippen molar-refractivity contribution < 1.29 is 37.7 Å². The molecule has 3 rings (SSSR count). The van der Waals surface area contributed by atoms with Crippen molar-refractivity contribution in [2.75, 3.05) is 38.2 Å². The molecule has 3 aromatic carbocycles. The van der Waals surface area contributed by atoms with Crippen molar-refractivity contribution in [2.24, 2.45) is 0 Å². The molecule has 0 saturated carbocycles. The topological polar surface area (TPSA) is 97.3 Å². The monoisotopic (exact) mass is 542 g/mol. The van der Waals surface area contributed by atoms with Gasteiger partial charge in [-0.2, -0.15) is 0 Å². The first-order valence-electron chi connectivity index (χ1n) is 12.5. The van der Waals surface area contributed by atoms with Gasteiger partial charge >= 0.3 is 12.0 Å². The maximum Gasteiger partial charge on any atom is 0.333 e. The first-order chi connectivity index (χ1) is 18.9. The Morgan fingerprint density at radius 1 is 0.923 bits per heavy atom. The summed E-state index contributed by atoms with van der Waals surface area (Å²) < 4.78 is 43.8. The van der Waals surface area contributed by atoms with Crippen LogP contribution in [0.25, 0.3) is 0 Å². The summed E-state index contributed by atoms with van der Waals surface area (Å²) in [6, 6.07) is 18.3. The lowest BCUT2D eigenvalue weighted by Gasteiger charge is -2.23. The number of carbonyl (C=O) groups excluding carboxylic acids is 1. The molecule has 208 valence electrons. The van der Waals surface area contributed by atoms with Gasteiger partial charge < -0.3 is 29.5 Å². The highest BCUT2D eigenvalue weighted by Gasteiger charge is 2.18. The normalized spacial score (nSPS) is 11.6. The van der Waals surface area contributed by atoms with Crippen LogP contribution in [-0.4, -0.2) is 61.0 Å². The van der Waals surface area contributed by atoms with Crippen molar-refractivity contribution in [3.8, 4) is 5.75 Å². The van der Waals surface area contributed by atoms with E-state index in [9.17, 15) is 23.5 Å². The van der Waals surface area contributed by atoms with E-state index in [-0.39, 0.29) is 50.8 Å². The average molecular weight is 543 g/mol. The van der Waals surface area contributed by atoms with Gasteiger partial charge in [-0.1, -0.05) is 36.4 Å². The zero-order chi connectivity index (χ0) is 28.0. The zero-order valence-electron chi connectivity index (χ0n) is 21.6. The van der Waals surface area contributed by atoms with Crippen LogP contribution in [0.5, 0.6) is 5.75 Å². The Balaban J connectivity index is 1.54. The molecule has 0 aliphatic carbocycles. The molecule has 39 heavy (non-hydrogen) atoms. The molecule has 0 aromatic heterocycles. The average Bonchev–Trinajstić information content (AvgIpc) is 2.92. The third-order valence-electron chi connectivity index (χ3n) is 5.71. The van der Waals surface area contributed by atoms with E-state index in [1.54, 1.807) is 49.4 Å². The van der Waals surface area contributed by atoms with Gasteiger partial charge in [0.1, 0.15) is 24.0 Å². The van der Waals surface area contributed by atoms with Gasteiger partial charge in [0.05, 0.1) is 25.4 Å². The predicted molar refractivity (Wildman–Crippen MR) is 142 cm³/mol. The smallest absolute Gasteiger partial charge is 0.333 e. The number of hydrogen-bond donors (Lipinski definition) is 2. The van der Waals surface area contributed by atoms with Crippen molar-refractivity contribution >= 4 is 17.7 Å². The molecule has 0 spiro atoms. The third kappa shape index (κ3) is 9.99. The number of nitrogens with zero attached hydrogens (tertiary/aromatic N) is 1. The number of carboxylic acid groups (broad SMARTS) is 1. The molecule has 0 heterocycles. The lowest BCUT2D eigenvalue weighted by molar-refractivity contribution is -0.149. The van der Waals surface area contributed by atoms with Gasteiger partial charge in [-0.15, -0.1) is 0 Å². The van der Waals surface area contributed by atoms with Crippen molar-refractivity contribution in [2.45, 2.75) is 26.1 Å². The summed E-state index contributed by atoms with van der Waals surface area (Å²) in [5.74, 6) is -1.36. The highest BCUT2D eigenvalue weighted by molar-refractivity contribution is 5.89. The molecule has 0 aliphatic heterocycles. The number of hydrogen-bond acceptors (Lipinski definition) is 5. The number of carboxylic acids is 1. The number of rotatable bonds is 15. The fourth-order valence-corrected chi connectivity index (χ4v) is 3.65. The summed E-state index contributed by atoms with van der Waals surface area (Å²) in [6.45, 7) is 3.03. The first-order valence-corrected chi connectivity index (χ1v) is 12.5. The van der Waals surface area contributed by atoms with E-state index in [1.165, 1.54) is 35.2 Å². The Morgan fingerprint density at radius 3 is 2.26 bits per heavy atom. The molecule has 0 fully saturated rings. The molecule has 8 nitrogen and oxygen atoms in total. The maximum absolute atomic E-state index is 14.1. The minimum atomic E-state index is -1.02. The number of urea groups is 1. The molecule has 1 unspecified atom stereocenters. The predicted octanol–water partition coefficient (Wildman–Crippen LogP) is 5.13. The van der Waals surface area contributed by atoms with Gasteiger partial charge in [0.15, 0.2) is 6.10 Å². The van der Waals surface area contributed by atoms with E-state index in [0.717, 1.165) is 11.1 Å². The van der Waals surface area contributed by atoms with Crippen molar-refractivity contribution in [1.29, 1.82) is 0 Å². The number of aliphatic carboxylic acids is 1. The maximum atomic E-state index is 14.1. The zero-order valence-corrected chi connectivity index (χ0v) is 21.6. The number of para-hydroxylation sites is 1. The molecule has 1 atom stereocenters. The highest BCUT2D eigenvalue weighted by Crippen LogP contribution is 2.16. The first kappa shape index (κ1) is 29.5. The number of benzene rings is 3. The Hall–Kier alpha value is -4.02. The van der Waals surface area contributed by atoms with Crippen LogP contribution < -0.4 is 10.1 Å². The molecule has 0 radical (unpaired) electrons. The summed E-state index contributed by atoms with van der Waals surface area (Å²) in [4.78, 5) is 25.7. The van der Waals surface area contributed by atoms with Crippen LogP contribution in [0, 0.1) is 11.6 Å². The number of nitrogens with one attached hydrogen (secondary N) is 1. The van der Waals surface area contributed by atoms with Crippen LogP contribution in [0.1, 0.15) is 18.1 Å². The van der Waals surface area contributed by atoms with Crippen molar-refractivity contribution in [3.05, 3.63) is 95.6 Å². The SMILES string of the molecule is CCOC(Cc1ccc(OCCN(CCOCc2ccc(F)cc2)C(=O)Nc2ccccc2F)cc1)C(=O)O. The standard InChI is InChI=1S/C29H32F2N2O6/c1-2-38-27(28(34)35)19-21-9-13-24(14-10-21)39-18-16-33(29(36)32-26-6-4-3-5-25(26)31)15-17-37-20-22-7-11-23(30)12-8-22/h3-14,27H,2,15-20H2,1H3,(H,32,36)(H,34,35). The molecule has 0 aliphatic rings. The fraction of sp³-hybridized carbons (Fsp3) is 0.310. The van der Waals surface area contributed by atoms with E-state index in [0.29, 0.717) is 12.4 Å². The second-order valence-electron chi connectivity index (χ2n) is 8.55. The Morgan fingerprint density at radius 2 is 1.59 bits per heavy atom. The largest absolute Gasteiger partial charge is 0.492 e. The van der Waals surface area contributed by atoms with Gasteiger partial charge in [-0.05, 0) is 54.4 Å². The van der Waals surface area contributed by atoms with E-state index in [2.05, 4.69) is 5.32 Å². The molecule has 0 saturated heterocycles. The minimum Gasteiger partial charge on any atom is -0.492 e. The molecule has 0 bridgehead atoms. The van der Waals surface area contributed by atoms with Gasteiger partial charge in [-0.25, -0.2) is 18.4 Å². The number of anilines is 1. The highest BCUT2D eigenvalue weighted by atomic mass is 19.1. The second kappa shape index (κ2) is 15.4. The van der Waals surface area contributed by atoms with Crippen LogP contribution in [0.2, 0.25) is 0 Å². The summed E-state index contributed by atoms with van der Waals surface area (Å²) >= 11 is 0. The molecular weight excluding hydrogens is 510 g/mol. The third-order valence-corrected chi connectivity index (χ3v) is 5.71. The molecule has 10 heteroatoms. The van der Waals surface area contributed by atoms with E-state index in [4.69, 9.17) is 14.2 Å². The van der Waals surface area contributed by atoms with Crippen LogP contribution >= 0.6 is 0 Å². The lowest BCUT2D eigenvalue weighted by atomic mass is 10.1. The quantitative estimate of drug-likeness (QED) is 0.259. The van der Waals surface area contributed by atoms with Crippen molar-refractivity contribution in [1.82, 2.24) is 4.90 Å². The van der Waals surface area contributed by atoms with Gasteiger partial charge in [-0.3, -0.25) is 0 Å². The fourth-order valence-electron chi connectivity index (χ4n) is 3.65. The lowest BCUT2D eigenvalue weighted by Crippen LogP contribution is -2.40. The molecule has 2 N–H and O–H groups in total. The number of ether oxygens (including phenoxy) is 3. The van der Waals surface area contributed by atoms with E-state index >= 15 is 0 Å².